The molecule has 0 aliphatic rings. The molecule has 0 fully saturated rings. The Kier molecular flexibility index (Phi) is 5.55. The lowest BCUT2D eigenvalue weighted by atomic mass is 10.1. The zero-order chi connectivity index (χ0) is 15.4. The molecule has 0 aromatic carbocycles. The predicted octanol–water partition coefficient (Wildman–Crippen LogP) is 3.91. The zero-order valence-electron chi connectivity index (χ0n) is 11.7. The van der Waals surface area contributed by atoms with Crippen LogP contribution in [-0.2, 0) is 6.42 Å². The molecule has 2 aromatic heterocycles. The monoisotopic (exact) mass is 386 g/mol. The number of carbonyl (C=O) groups is 2. The molecule has 2 amide bonds. The third kappa shape index (κ3) is 4.15. The number of thiophene rings is 2. The van der Waals surface area contributed by atoms with E-state index in [0.717, 1.165) is 21.5 Å². The quantitative estimate of drug-likeness (QED) is 0.782. The molecule has 0 unspecified atom stereocenters. The van der Waals surface area contributed by atoms with Gasteiger partial charge in [0.2, 0.25) is 0 Å². The summed E-state index contributed by atoms with van der Waals surface area (Å²) in [6, 6.07) is 5.39. The summed E-state index contributed by atoms with van der Waals surface area (Å²) in [5.74, 6) is -0.601. The molecule has 2 N–H and O–H groups in total. The Labute approximate surface area is 139 Å². The van der Waals surface area contributed by atoms with Crippen molar-refractivity contribution in [3.05, 3.63) is 42.2 Å². The molecule has 112 valence electrons. The van der Waals surface area contributed by atoms with Gasteiger partial charge in [0.1, 0.15) is 0 Å². The Hall–Kier alpha value is -1.18. The average Bonchev–Trinajstić information content (AvgIpc) is 3.03. The number of hydrazine groups is 1. The Morgan fingerprint density at radius 1 is 1.14 bits per heavy atom. The molecule has 2 heterocycles. The summed E-state index contributed by atoms with van der Waals surface area (Å²) in [6.45, 7) is 4.12. The van der Waals surface area contributed by atoms with E-state index in [1.807, 2.05) is 13.0 Å². The summed E-state index contributed by atoms with van der Waals surface area (Å²) in [5.41, 5.74) is 6.08. The van der Waals surface area contributed by atoms with E-state index in [1.54, 1.807) is 12.1 Å². The molecule has 7 heteroatoms. The number of rotatable bonds is 4. The fraction of sp³-hybridized carbons (Fsp3) is 0.286. The van der Waals surface area contributed by atoms with Crippen LogP contribution in [0.3, 0.4) is 0 Å². The maximum Gasteiger partial charge on any atom is 0.279 e. The maximum atomic E-state index is 12.0. The van der Waals surface area contributed by atoms with E-state index in [9.17, 15) is 9.59 Å². The van der Waals surface area contributed by atoms with E-state index in [1.165, 1.54) is 28.2 Å². The van der Waals surface area contributed by atoms with Gasteiger partial charge in [-0.3, -0.25) is 20.4 Å². The third-order valence-electron chi connectivity index (χ3n) is 2.85. The number of hydrogen-bond acceptors (Lipinski definition) is 4. The van der Waals surface area contributed by atoms with Gasteiger partial charge in [0.05, 0.1) is 13.5 Å². The smallest absolute Gasteiger partial charge is 0.266 e. The molecule has 0 saturated carbocycles. The highest BCUT2D eigenvalue weighted by Gasteiger charge is 2.14. The van der Waals surface area contributed by atoms with E-state index >= 15 is 0 Å². The second kappa shape index (κ2) is 7.20. The van der Waals surface area contributed by atoms with Gasteiger partial charge in [-0.2, -0.15) is 0 Å². The minimum Gasteiger partial charge on any atom is -0.266 e. The molecular weight excluding hydrogens is 372 g/mol. The van der Waals surface area contributed by atoms with Crippen molar-refractivity contribution >= 4 is 50.4 Å². The lowest BCUT2D eigenvalue weighted by molar-refractivity contribution is 0.0851. The first-order chi connectivity index (χ1) is 10.0. The molecule has 0 spiro atoms. The number of hydrogen-bond donors (Lipinski definition) is 2. The van der Waals surface area contributed by atoms with Crippen LogP contribution in [0.2, 0.25) is 0 Å². The predicted molar refractivity (Wildman–Crippen MR) is 90.0 cm³/mol. The molecule has 2 aromatic rings. The number of amides is 2. The van der Waals surface area contributed by atoms with Crippen molar-refractivity contribution in [2.75, 3.05) is 0 Å². The lowest BCUT2D eigenvalue weighted by Crippen LogP contribution is -2.41. The van der Waals surface area contributed by atoms with Crippen LogP contribution >= 0.6 is 38.6 Å². The van der Waals surface area contributed by atoms with Crippen molar-refractivity contribution < 1.29 is 9.59 Å². The molecule has 21 heavy (non-hydrogen) atoms. The molecule has 0 aliphatic carbocycles. The average molecular weight is 387 g/mol. The van der Waals surface area contributed by atoms with Crippen LogP contribution in [0.15, 0.2) is 22.0 Å². The summed E-state index contributed by atoms with van der Waals surface area (Å²) < 4.78 is 0.872. The molecule has 0 aliphatic heterocycles. The van der Waals surface area contributed by atoms with Crippen molar-refractivity contribution in [2.24, 2.45) is 0 Å². The molecule has 0 saturated heterocycles. The minimum absolute atomic E-state index is 0.283. The fourth-order valence-corrected chi connectivity index (χ4v) is 4.07. The third-order valence-corrected chi connectivity index (χ3v) is 5.56. The van der Waals surface area contributed by atoms with E-state index in [-0.39, 0.29) is 11.8 Å². The van der Waals surface area contributed by atoms with E-state index in [0.29, 0.717) is 9.75 Å². The van der Waals surface area contributed by atoms with Gasteiger partial charge in [0.15, 0.2) is 0 Å². The molecule has 2 rings (SSSR count). The van der Waals surface area contributed by atoms with Crippen LogP contribution < -0.4 is 10.9 Å². The number of carbonyl (C=O) groups excluding carboxylic acids is 2. The second-order valence-corrected chi connectivity index (χ2v) is 8.17. The molecule has 0 bridgehead atoms. The Morgan fingerprint density at radius 2 is 1.81 bits per heavy atom. The Morgan fingerprint density at radius 3 is 2.38 bits per heavy atom. The van der Waals surface area contributed by atoms with Crippen LogP contribution in [0.25, 0.3) is 0 Å². The summed E-state index contributed by atoms with van der Waals surface area (Å²) in [5, 5.41) is 0. The van der Waals surface area contributed by atoms with Gasteiger partial charge < -0.3 is 0 Å². The molecule has 0 radical (unpaired) electrons. The minimum atomic E-state index is -0.318. The van der Waals surface area contributed by atoms with Gasteiger partial charge >= 0.3 is 0 Å². The highest BCUT2D eigenvalue weighted by molar-refractivity contribution is 9.11. The van der Waals surface area contributed by atoms with Crippen LogP contribution in [0.1, 0.15) is 43.1 Å². The first-order valence-corrected chi connectivity index (χ1v) is 8.89. The van der Waals surface area contributed by atoms with Gasteiger partial charge in [-0.25, -0.2) is 0 Å². The zero-order valence-corrected chi connectivity index (χ0v) is 14.9. The molecular formula is C14H15BrN2O2S2. The normalized spacial score (nSPS) is 10.4. The first-order valence-electron chi connectivity index (χ1n) is 6.46. The topological polar surface area (TPSA) is 58.2 Å². The van der Waals surface area contributed by atoms with Gasteiger partial charge in [-0.15, -0.1) is 22.7 Å². The number of aryl methyl sites for hydroxylation is 2. The summed E-state index contributed by atoms with van der Waals surface area (Å²) in [7, 11) is 0. The summed E-state index contributed by atoms with van der Waals surface area (Å²) in [6.07, 6.45) is 2.01. The van der Waals surface area contributed by atoms with Crippen LogP contribution in [0, 0.1) is 6.92 Å². The highest BCUT2D eigenvalue weighted by atomic mass is 79.9. The summed E-state index contributed by atoms with van der Waals surface area (Å²) in [4.78, 5) is 26.2. The SMILES string of the molecule is CCCc1cc(C(=O)NNC(=O)c2ccc(Br)s2)sc1C. The van der Waals surface area contributed by atoms with Gasteiger partial charge in [0.25, 0.3) is 11.8 Å². The number of halogens is 1. The van der Waals surface area contributed by atoms with Gasteiger partial charge in [0, 0.05) is 4.88 Å². The van der Waals surface area contributed by atoms with Crippen LogP contribution in [0.5, 0.6) is 0 Å². The van der Waals surface area contributed by atoms with E-state index in [2.05, 4.69) is 33.7 Å². The maximum absolute atomic E-state index is 12.0. The van der Waals surface area contributed by atoms with Crippen molar-refractivity contribution in [3.63, 3.8) is 0 Å². The van der Waals surface area contributed by atoms with Crippen molar-refractivity contribution in [2.45, 2.75) is 26.7 Å². The summed E-state index contributed by atoms with van der Waals surface area (Å²) >= 11 is 6.05. The van der Waals surface area contributed by atoms with E-state index < -0.39 is 0 Å². The Balaban J connectivity index is 1.95. The van der Waals surface area contributed by atoms with Gasteiger partial charge in [-0.05, 0) is 53.0 Å². The van der Waals surface area contributed by atoms with Crippen LogP contribution in [-0.4, -0.2) is 11.8 Å². The fourth-order valence-electron chi connectivity index (χ4n) is 1.82. The van der Waals surface area contributed by atoms with E-state index in [4.69, 9.17) is 0 Å². The standard InChI is InChI=1S/C14H15BrN2O2S2/c1-3-4-9-7-11(20-8(9)2)14(19)17-16-13(18)10-5-6-12(15)21-10/h5-7H,3-4H2,1-2H3,(H,16,18)(H,17,19). The molecule has 4 nitrogen and oxygen atoms in total. The molecule has 0 atom stereocenters. The van der Waals surface area contributed by atoms with Gasteiger partial charge in [-0.1, -0.05) is 13.3 Å². The van der Waals surface area contributed by atoms with Crippen molar-refractivity contribution in [1.82, 2.24) is 10.9 Å². The second-order valence-electron chi connectivity index (χ2n) is 4.45. The van der Waals surface area contributed by atoms with Crippen molar-refractivity contribution in [1.29, 1.82) is 0 Å². The Bertz CT molecular complexity index is 664. The lowest BCUT2D eigenvalue weighted by Gasteiger charge is -2.04. The van der Waals surface area contributed by atoms with Crippen LogP contribution in [0.4, 0.5) is 0 Å². The van der Waals surface area contributed by atoms with Crippen molar-refractivity contribution in [3.8, 4) is 0 Å². The number of nitrogens with one attached hydrogen (secondary N) is 2. The highest BCUT2D eigenvalue weighted by Crippen LogP contribution is 2.23. The first kappa shape index (κ1) is 16.2. The largest absolute Gasteiger partial charge is 0.279 e.